The van der Waals surface area contributed by atoms with Crippen LogP contribution < -0.4 is 5.73 Å². The zero-order valence-electron chi connectivity index (χ0n) is 10.6. The molecule has 0 fully saturated rings. The highest BCUT2D eigenvalue weighted by Crippen LogP contribution is 2.26. The second kappa shape index (κ2) is 6.80. The number of nitrogens with two attached hydrogens (primary N) is 1. The molecule has 1 atom stereocenters. The maximum absolute atomic E-state index is 6.25. The van der Waals surface area contributed by atoms with Crippen LogP contribution in [0.2, 0.25) is 5.02 Å². The van der Waals surface area contributed by atoms with Gasteiger partial charge in [0.15, 0.2) is 0 Å². The molecule has 100 valence electrons. The van der Waals surface area contributed by atoms with E-state index in [0.717, 1.165) is 27.0 Å². The number of thioether (sulfide) groups is 1. The first-order valence-corrected chi connectivity index (χ1v) is 8.33. The summed E-state index contributed by atoms with van der Waals surface area (Å²) in [6, 6.07) is 14.3. The molecule has 0 aliphatic carbocycles. The standard InChI is InChI=1S/C15H15BrClNS/c1-19-13-6-3-10(4-7-13)15(18)8-11-2-5-12(16)9-14(11)17/h2-7,9,15H,8,18H2,1H3. The Labute approximate surface area is 131 Å². The van der Waals surface area contributed by atoms with Crippen LogP contribution in [0.1, 0.15) is 17.2 Å². The second-order valence-corrected chi connectivity index (χ2v) is 6.52. The molecule has 4 heteroatoms. The molecule has 1 nitrogen and oxygen atoms in total. The maximum Gasteiger partial charge on any atom is 0.0449 e. The lowest BCUT2D eigenvalue weighted by atomic mass is 10.00. The average Bonchev–Trinajstić information content (AvgIpc) is 2.42. The molecule has 0 radical (unpaired) electrons. The molecule has 0 amide bonds. The van der Waals surface area contributed by atoms with Crippen molar-refractivity contribution in [1.29, 1.82) is 0 Å². The number of hydrogen-bond donors (Lipinski definition) is 1. The molecule has 0 heterocycles. The highest BCUT2D eigenvalue weighted by atomic mass is 79.9. The molecule has 19 heavy (non-hydrogen) atoms. The van der Waals surface area contributed by atoms with Crippen molar-refractivity contribution in [3.8, 4) is 0 Å². The molecule has 0 aliphatic rings. The van der Waals surface area contributed by atoms with E-state index in [1.807, 2.05) is 18.2 Å². The molecular formula is C15H15BrClNS. The highest BCUT2D eigenvalue weighted by molar-refractivity contribution is 9.10. The Morgan fingerprint density at radius 3 is 2.47 bits per heavy atom. The van der Waals surface area contributed by atoms with Crippen molar-refractivity contribution in [3.63, 3.8) is 0 Å². The zero-order chi connectivity index (χ0) is 13.8. The van der Waals surface area contributed by atoms with Crippen LogP contribution in [-0.4, -0.2) is 6.26 Å². The van der Waals surface area contributed by atoms with E-state index in [4.69, 9.17) is 17.3 Å². The van der Waals surface area contributed by atoms with Crippen molar-refractivity contribution < 1.29 is 0 Å². The SMILES string of the molecule is CSc1ccc(C(N)Cc2ccc(Br)cc2Cl)cc1. The summed E-state index contributed by atoms with van der Waals surface area (Å²) in [7, 11) is 0. The van der Waals surface area contributed by atoms with E-state index < -0.39 is 0 Å². The predicted molar refractivity (Wildman–Crippen MR) is 88.0 cm³/mol. The largest absolute Gasteiger partial charge is 0.324 e. The van der Waals surface area contributed by atoms with Gasteiger partial charge in [0.25, 0.3) is 0 Å². The molecule has 2 aromatic carbocycles. The van der Waals surface area contributed by atoms with Crippen molar-refractivity contribution in [2.24, 2.45) is 5.73 Å². The van der Waals surface area contributed by atoms with Crippen molar-refractivity contribution >= 4 is 39.3 Å². The molecule has 2 aromatic rings. The van der Waals surface area contributed by atoms with Gasteiger partial charge in [-0.2, -0.15) is 0 Å². The summed E-state index contributed by atoms with van der Waals surface area (Å²) in [6.45, 7) is 0. The lowest BCUT2D eigenvalue weighted by Gasteiger charge is -2.14. The van der Waals surface area contributed by atoms with Gasteiger partial charge in [-0.25, -0.2) is 0 Å². The summed E-state index contributed by atoms with van der Waals surface area (Å²) in [5, 5.41) is 0.755. The van der Waals surface area contributed by atoms with Gasteiger partial charge in [0, 0.05) is 20.4 Å². The Kier molecular flexibility index (Phi) is 5.34. The fraction of sp³-hybridized carbons (Fsp3) is 0.200. The van der Waals surface area contributed by atoms with Crippen molar-refractivity contribution in [1.82, 2.24) is 0 Å². The van der Waals surface area contributed by atoms with Gasteiger partial charge in [-0.05, 0) is 48.1 Å². The van der Waals surface area contributed by atoms with Crippen molar-refractivity contribution in [2.75, 3.05) is 6.26 Å². The fourth-order valence-electron chi connectivity index (χ4n) is 1.89. The van der Waals surface area contributed by atoms with Crippen LogP contribution in [0.4, 0.5) is 0 Å². The van der Waals surface area contributed by atoms with Crippen LogP contribution in [0.25, 0.3) is 0 Å². The smallest absolute Gasteiger partial charge is 0.0449 e. The summed E-state index contributed by atoms with van der Waals surface area (Å²) in [4.78, 5) is 1.25. The van der Waals surface area contributed by atoms with Gasteiger partial charge in [-0.1, -0.05) is 45.7 Å². The Balaban J connectivity index is 2.13. The summed E-state index contributed by atoms with van der Waals surface area (Å²) < 4.78 is 0.985. The summed E-state index contributed by atoms with van der Waals surface area (Å²) in [6.07, 6.45) is 2.81. The minimum absolute atomic E-state index is 0.0328. The van der Waals surface area contributed by atoms with E-state index in [-0.39, 0.29) is 6.04 Å². The van der Waals surface area contributed by atoms with E-state index in [0.29, 0.717) is 0 Å². The molecule has 0 aliphatic heterocycles. The summed E-state index contributed by atoms with van der Waals surface area (Å²) >= 11 is 11.4. The fourth-order valence-corrected chi connectivity index (χ4v) is 3.05. The lowest BCUT2D eigenvalue weighted by Crippen LogP contribution is -2.13. The Morgan fingerprint density at radius 2 is 1.89 bits per heavy atom. The minimum atomic E-state index is -0.0328. The third kappa shape index (κ3) is 3.99. The van der Waals surface area contributed by atoms with Gasteiger partial charge in [-0.15, -0.1) is 11.8 Å². The Bertz CT molecular complexity index is 557. The van der Waals surface area contributed by atoms with Crippen LogP contribution in [-0.2, 0) is 6.42 Å². The summed E-state index contributed by atoms with van der Waals surface area (Å²) in [5.41, 5.74) is 8.46. The average molecular weight is 357 g/mol. The van der Waals surface area contributed by atoms with Gasteiger partial charge in [0.2, 0.25) is 0 Å². The van der Waals surface area contributed by atoms with Crippen LogP contribution in [0.5, 0.6) is 0 Å². The normalized spacial score (nSPS) is 12.4. The highest BCUT2D eigenvalue weighted by Gasteiger charge is 2.10. The zero-order valence-corrected chi connectivity index (χ0v) is 13.7. The topological polar surface area (TPSA) is 26.0 Å². The second-order valence-electron chi connectivity index (χ2n) is 4.32. The van der Waals surface area contributed by atoms with Gasteiger partial charge < -0.3 is 5.73 Å². The third-order valence-corrected chi connectivity index (χ3v) is 4.59. The quantitative estimate of drug-likeness (QED) is 0.774. The van der Waals surface area contributed by atoms with E-state index in [1.54, 1.807) is 11.8 Å². The first-order valence-electron chi connectivity index (χ1n) is 5.93. The first-order chi connectivity index (χ1) is 9.10. The molecule has 2 rings (SSSR count). The molecule has 0 aromatic heterocycles. The molecule has 0 saturated heterocycles. The van der Waals surface area contributed by atoms with Gasteiger partial charge in [-0.3, -0.25) is 0 Å². The van der Waals surface area contributed by atoms with Gasteiger partial charge in [0.05, 0.1) is 0 Å². The van der Waals surface area contributed by atoms with Gasteiger partial charge in [0.1, 0.15) is 0 Å². The molecule has 0 spiro atoms. The minimum Gasteiger partial charge on any atom is -0.324 e. The van der Waals surface area contributed by atoms with E-state index >= 15 is 0 Å². The number of benzene rings is 2. The molecule has 0 bridgehead atoms. The number of rotatable bonds is 4. The monoisotopic (exact) mass is 355 g/mol. The first kappa shape index (κ1) is 14.9. The molecule has 0 saturated carbocycles. The molecule has 2 N–H and O–H groups in total. The van der Waals surface area contributed by atoms with Crippen LogP contribution in [0, 0.1) is 0 Å². The van der Waals surface area contributed by atoms with Crippen LogP contribution >= 0.6 is 39.3 Å². The lowest BCUT2D eigenvalue weighted by molar-refractivity contribution is 0.721. The molecular weight excluding hydrogens is 342 g/mol. The maximum atomic E-state index is 6.25. The predicted octanol–water partition coefficient (Wildman–Crippen LogP) is 5.07. The van der Waals surface area contributed by atoms with E-state index in [9.17, 15) is 0 Å². The Morgan fingerprint density at radius 1 is 1.21 bits per heavy atom. The number of hydrogen-bond acceptors (Lipinski definition) is 2. The van der Waals surface area contributed by atoms with Gasteiger partial charge >= 0.3 is 0 Å². The van der Waals surface area contributed by atoms with Crippen LogP contribution in [0.15, 0.2) is 51.8 Å². The van der Waals surface area contributed by atoms with Crippen molar-refractivity contribution in [3.05, 3.63) is 63.1 Å². The van der Waals surface area contributed by atoms with Crippen molar-refractivity contribution in [2.45, 2.75) is 17.4 Å². The number of halogens is 2. The molecule has 1 unspecified atom stereocenters. The summed E-state index contributed by atoms with van der Waals surface area (Å²) in [5.74, 6) is 0. The Hall–Kier alpha value is -0.480. The van der Waals surface area contributed by atoms with E-state index in [2.05, 4.69) is 46.5 Å². The van der Waals surface area contributed by atoms with E-state index in [1.165, 1.54) is 4.90 Å². The van der Waals surface area contributed by atoms with Crippen LogP contribution in [0.3, 0.4) is 0 Å². The third-order valence-electron chi connectivity index (χ3n) is 3.00.